The number of anilines is 1. The highest BCUT2D eigenvalue weighted by Gasteiger charge is 2.31. The lowest BCUT2D eigenvalue weighted by molar-refractivity contribution is -0.121. The Labute approximate surface area is 145 Å². The van der Waals surface area contributed by atoms with Crippen molar-refractivity contribution in [2.75, 3.05) is 18.0 Å². The zero-order chi connectivity index (χ0) is 16.4. The molecule has 1 fully saturated rings. The summed E-state index contributed by atoms with van der Waals surface area (Å²) in [5.74, 6) is 1.45. The summed E-state index contributed by atoms with van der Waals surface area (Å²) in [6, 6.07) is 7.87. The summed E-state index contributed by atoms with van der Waals surface area (Å²) in [6.45, 7) is 6.93. The highest BCUT2D eigenvalue weighted by molar-refractivity contribution is 8.26. The van der Waals surface area contributed by atoms with E-state index in [2.05, 4.69) is 18.4 Å². The van der Waals surface area contributed by atoms with Crippen LogP contribution in [0.25, 0.3) is 0 Å². The maximum atomic E-state index is 12.3. The number of carbonyl (C=O) groups is 1. The zero-order valence-electron chi connectivity index (χ0n) is 12.7. The number of amides is 1. The van der Waals surface area contributed by atoms with Crippen molar-refractivity contribution >= 4 is 39.9 Å². The summed E-state index contributed by atoms with van der Waals surface area (Å²) in [4.78, 5) is 16.5. The first kappa shape index (κ1) is 15.8. The number of benzene rings is 1. The molecule has 0 saturated carbocycles. The van der Waals surface area contributed by atoms with Crippen molar-refractivity contribution in [2.24, 2.45) is 0 Å². The molecule has 0 aliphatic carbocycles. The van der Waals surface area contributed by atoms with Gasteiger partial charge in [-0.2, -0.15) is 0 Å². The van der Waals surface area contributed by atoms with Gasteiger partial charge in [0.15, 0.2) is 5.75 Å². The minimum atomic E-state index is -0.0877. The van der Waals surface area contributed by atoms with Crippen LogP contribution in [0.4, 0.5) is 5.69 Å². The molecule has 1 saturated heterocycles. The number of ether oxygens (including phenoxy) is 1. The van der Waals surface area contributed by atoms with Gasteiger partial charge < -0.3 is 9.64 Å². The number of thioether (sulfide) groups is 1. The van der Waals surface area contributed by atoms with Crippen molar-refractivity contribution in [1.29, 1.82) is 0 Å². The zero-order valence-corrected chi connectivity index (χ0v) is 14.3. The van der Waals surface area contributed by atoms with Gasteiger partial charge in [-0.15, -0.1) is 6.58 Å². The second-order valence-electron chi connectivity index (χ2n) is 4.92. The fourth-order valence-corrected chi connectivity index (χ4v) is 3.67. The average Bonchev–Trinajstić information content (AvgIpc) is 3.04. The molecule has 118 valence electrons. The maximum absolute atomic E-state index is 12.3. The van der Waals surface area contributed by atoms with Crippen molar-refractivity contribution in [1.82, 2.24) is 4.90 Å². The highest BCUT2D eigenvalue weighted by Crippen LogP contribution is 2.38. The molecule has 0 N–H and O–H groups in total. The quantitative estimate of drug-likeness (QED) is 0.473. The van der Waals surface area contributed by atoms with Gasteiger partial charge >= 0.3 is 0 Å². The van der Waals surface area contributed by atoms with Crippen LogP contribution in [0.15, 0.2) is 59.9 Å². The van der Waals surface area contributed by atoms with Gasteiger partial charge in [-0.1, -0.05) is 42.2 Å². The van der Waals surface area contributed by atoms with Crippen LogP contribution in [-0.4, -0.2) is 28.2 Å². The van der Waals surface area contributed by atoms with Gasteiger partial charge in [0.25, 0.3) is 5.91 Å². The van der Waals surface area contributed by atoms with Gasteiger partial charge in [-0.25, -0.2) is 0 Å². The smallest absolute Gasteiger partial charge is 0.266 e. The lowest BCUT2D eigenvalue weighted by Gasteiger charge is -2.14. The van der Waals surface area contributed by atoms with Crippen molar-refractivity contribution in [3.63, 3.8) is 0 Å². The summed E-state index contributed by atoms with van der Waals surface area (Å²) in [6.07, 6.45) is 5.26. The van der Waals surface area contributed by atoms with E-state index in [0.717, 1.165) is 18.0 Å². The standard InChI is InChI=1S/C17H16N2O2S2/c1-3-11-19-16(20)14(23-17(19)22)9-10-15-18(4-2)12-7-5-6-8-13(12)21-15/h3,5-10H,1,4,11H2,2H3/b14-9+,15-10-. The molecule has 0 bridgehead atoms. The molecular formula is C17H16N2O2S2. The maximum Gasteiger partial charge on any atom is 0.266 e. The lowest BCUT2D eigenvalue weighted by Crippen LogP contribution is -2.27. The van der Waals surface area contributed by atoms with E-state index >= 15 is 0 Å². The van der Waals surface area contributed by atoms with Crippen LogP contribution >= 0.6 is 24.0 Å². The topological polar surface area (TPSA) is 32.8 Å². The number of hydrogen-bond donors (Lipinski definition) is 0. The average molecular weight is 344 g/mol. The van der Waals surface area contributed by atoms with Crippen LogP contribution in [0.1, 0.15) is 6.92 Å². The predicted octanol–water partition coefficient (Wildman–Crippen LogP) is 3.68. The minimum absolute atomic E-state index is 0.0877. The Morgan fingerprint density at radius 1 is 1.30 bits per heavy atom. The molecule has 6 heteroatoms. The van der Waals surface area contributed by atoms with Gasteiger partial charge in [0.1, 0.15) is 4.32 Å². The van der Waals surface area contributed by atoms with E-state index in [1.165, 1.54) is 11.8 Å². The van der Waals surface area contributed by atoms with Crippen molar-refractivity contribution in [3.8, 4) is 5.75 Å². The number of thiocarbonyl (C=S) groups is 1. The number of hydrogen-bond acceptors (Lipinski definition) is 5. The van der Waals surface area contributed by atoms with Crippen LogP contribution in [0.2, 0.25) is 0 Å². The van der Waals surface area contributed by atoms with Gasteiger partial charge in [-0.3, -0.25) is 9.69 Å². The van der Waals surface area contributed by atoms with E-state index in [0.29, 0.717) is 21.7 Å². The molecule has 23 heavy (non-hydrogen) atoms. The van der Waals surface area contributed by atoms with Crippen LogP contribution in [0.3, 0.4) is 0 Å². The summed E-state index contributed by atoms with van der Waals surface area (Å²) in [7, 11) is 0. The van der Waals surface area contributed by atoms with Crippen molar-refractivity contribution < 1.29 is 9.53 Å². The lowest BCUT2D eigenvalue weighted by atomic mass is 10.3. The third-order valence-corrected chi connectivity index (χ3v) is 4.91. The number of para-hydroxylation sites is 2. The number of carbonyl (C=O) groups excluding carboxylic acids is 1. The predicted molar refractivity (Wildman–Crippen MR) is 98.4 cm³/mol. The Hall–Kier alpha value is -2.05. The van der Waals surface area contributed by atoms with Crippen LogP contribution in [-0.2, 0) is 4.79 Å². The molecule has 1 aromatic rings. The van der Waals surface area contributed by atoms with Gasteiger partial charge in [0.2, 0.25) is 5.88 Å². The molecule has 0 unspecified atom stereocenters. The molecule has 0 radical (unpaired) electrons. The second kappa shape index (κ2) is 6.60. The Kier molecular flexibility index (Phi) is 4.54. The Balaban J connectivity index is 1.85. The van der Waals surface area contributed by atoms with Gasteiger partial charge in [-0.05, 0) is 25.1 Å². The summed E-state index contributed by atoms with van der Waals surface area (Å²) in [5.41, 5.74) is 1.04. The molecule has 1 aromatic carbocycles. The number of rotatable bonds is 4. The molecule has 0 atom stereocenters. The fraction of sp³-hybridized carbons (Fsp3) is 0.176. The fourth-order valence-electron chi connectivity index (χ4n) is 2.45. The monoisotopic (exact) mass is 344 g/mol. The van der Waals surface area contributed by atoms with E-state index < -0.39 is 0 Å². The van der Waals surface area contributed by atoms with E-state index in [-0.39, 0.29) is 5.91 Å². The number of fused-ring (bicyclic) bond motifs is 1. The minimum Gasteiger partial charge on any atom is -0.439 e. The molecular weight excluding hydrogens is 328 g/mol. The number of nitrogens with zero attached hydrogens (tertiary/aromatic N) is 2. The first-order chi connectivity index (χ1) is 11.2. The van der Waals surface area contributed by atoms with E-state index in [4.69, 9.17) is 17.0 Å². The van der Waals surface area contributed by atoms with Crippen LogP contribution < -0.4 is 9.64 Å². The summed E-state index contributed by atoms with van der Waals surface area (Å²) < 4.78 is 6.42. The third-order valence-electron chi connectivity index (χ3n) is 3.52. The van der Waals surface area contributed by atoms with Crippen molar-refractivity contribution in [2.45, 2.75) is 6.92 Å². The van der Waals surface area contributed by atoms with E-state index in [9.17, 15) is 4.79 Å². The Morgan fingerprint density at radius 2 is 2.09 bits per heavy atom. The summed E-state index contributed by atoms with van der Waals surface area (Å²) in [5, 5.41) is 0. The van der Waals surface area contributed by atoms with Crippen molar-refractivity contribution in [3.05, 3.63) is 59.9 Å². The molecule has 0 aromatic heterocycles. The molecule has 1 amide bonds. The highest BCUT2D eigenvalue weighted by atomic mass is 32.2. The molecule has 2 heterocycles. The SMILES string of the molecule is C=CCN1C(=O)/C(=C\C=C2/Oc3ccccc3N2CC)SC1=S. The van der Waals surface area contributed by atoms with E-state index in [1.807, 2.05) is 30.3 Å². The normalized spacial score (nSPS) is 20.4. The molecule has 2 aliphatic heterocycles. The third kappa shape index (κ3) is 2.92. The first-order valence-corrected chi connectivity index (χ1v) is 8.49. The second-order valence-corrected chi connectivity index (χ2v) is 6.60. The Morgan fingerprint density at radius 3 is 2.83 bits per heavy atom. The largest absolute Gasteiger partial charge is 0.439 e. The first-order valence-electron chi connectivity index (χ1n) is 7.26. The molecule has 2 aliphatic rings. The van der Waals surface area contributed by atoms with Gasteiger partial charge in [0.05, 0.1) is 10.6 Å². The van der Waals surface area contributed by atoms with Gasteiger partial charge in [0, 0.05) is 19.2 Å². The summed E-state index contributed by atoms with van der Waals surface area (Å²) >= 11 is 6.53. The van der Waals surface area contributed by atoms with E-state index in [1.54, 1.807) is 17.1 Å². The molecule has 4 nitrogen and oxygen atoms in total. The molecule has 0 spiro atoms. The molecule has 3 rings (SSSR count). The number of allylic oxidation sites excluding steroid dienone is 2. The van der Waals surface area contributed by atoms with Crippen LogP contribution in [0.5, 0.6) is 5.75 Å². The Bertz CT molecular complexity index is 740. The van der Waals surface area contributed by atoms with Crippen LogP contribution in [0, 0.1) is 0 Å².